The van der Waals surface area contributed by atoms with Gasteiger partial charge in [-0.05, 0) is 25.0 Å². The van der Waals surface area contributed by atoms with Crippen molar-refractivity contribution in [3.05, 3.63) is 24.0 Å². The van der Waals surface area contributed by atoms with E-state index in [-0.39, 0.29) is 0 Å². The molecule has 0 bridgehead atoms. The van der Waals surface area contributed by atoms with Gasteiger partial charge in [0.15, 0.2) is 0 Å². The van der Waals surface area contributed by atoms with Crippen LogP contribution in [0.2, 0.25) is 0 Å². The van der Waals surface area contributed by atoms with Gasteiger partial charge < -0.3 is 9.30 Å². The second-order valence-electron chi connectivity index (χ2n) is 5.20. The molecule has 0 aliphatic carbocycles. The molecule has 0 fully saturated rings. The first-order chi connectivity index (χ1) is 9.65. The Morgan fingerprint density at radius 2 is 2.00 bits per heavy atom. The molecule has 4 heteroatoms. The Labute approximate surface area is 125 Å². The zero-order valence-electron chi connectivity index (χ0n) is 12.7. The average Bonchev–Trinajstić information content (AvgIpc) is 2.85. The summed E-state index contributed by atoms with van der Waals surface area (Å²) in [5.41, 5.74) is 2.10. The van der Waals surface area contributed by atoms with E-state index in [1.54, 1.807) is 7.11 Å². The second kappa shape index (κ2) is 6.49. The number of fused-ring (bicyclic) bond motifs is 1. The maximum atomic E-state index is 6.10. The van der Waals surface area contributed by atoms with Gasteiger partial charge >= 0.3 is 0 Å². The van der Waals surface area contributed by atoms with E-state index >= 15 is 0 Å². The molecule has 0 amide bonds. The number of imidazole rings is 1. The molecule has 0 spiro atoms. The van der Waals surface area contributed by atoms with Gasteiger partial charge in [0.2, 0.25) is 0 Å². The first kappa shape index (κ1) is 15.2. The van der Waals surface area contributed by atoms with E-state index in [9.17, 15) is 0 Å². The Morgan fingerprint density at radius 1 is 1.30 bits per heavy atom. The minimum Gasteiger partial charge on any atom is -0.497 e. The fourth-order valence-electron chi connectivity index (χ4n) is 2.99. The third-order valence-corrected chi connectivity index (χ3v) is 4.47. The number of aromatic nitrogens is 2. The van der Waals surface area contributed by atoms with Gasteiger partial charge in [0.05, 0.1) is 24.0 Å². The zero-order chi connectivity index (χ0) is 14.7. The molecule has 0 aliphatic rings. The number of ether oxygens (including phenoxy) is 1. The molecule has 1 heterocycles. The molecule has 3 nitrogen and oxygen atoms in total. The largest absolute Gasteiger partial charge is 0.497 e. The minimum absolute atomic E-state index is 0.400. The summed E-state index contributed by atoms with van der Waals surface area (Å²) in [5.74, 6) is 2.84. The molecule has 1 aromatic heterocycles. The molecule has 0 saturated carbocycles. The minimum atomic E-state index is 0.400. The lowest BCUT2D eigenvalue weighted by Gasteiger charge is -2.25. The van der Waals surface area contributed by atoms with E-state index < -0.39 is 0 Å². The molecule has 0 saturated heterocycles. The van der Waals surface area contributed by atoms with Crippen molar-refractivity contribution in [2.45, 2.75) is 45.5 Å². The molecule has 1 atom stereocenters. The SMILES string of the molecule is CCC(CC)C(C)n1c(CCl)nc2cc(OC)ccc21. The molecule has 110 valence electrons. The summed E-state index contributed by atoms with van der Waals surface area (Å²) in [4.78, 5) is 4.66. The predicted molar refractivity (Wildman–Crippen MR) is 84.6 cm³/mol. The first-order valence-corrected chi connectivity index (χ1v) is 7.80. The highest BCUT2D eigenvalue weighted by molar-refractivity contribution is 6.16. The number of rotatable bonds is 6. The summed E-state index contributed by atoms with van der Waals surface area (Å²) in [5, 5.41) is 0. The summed E-state index contributed by atoms with van der Waals surface area (Å²) in [6, 6.07) is 6.44. The number of benzene rings is 1. The van der Waals surface area contributed by atoms with Gasteiger partial charge in [0.1, 0.15) is 11.6 Å². The van der Waals surface area contributed by atoms with E-state index in [1.165, 1.54) is 0 Å². The standard InChI is InChI=1S/C16H23ClN2O/c1-5-12(6-2)11(3)19-15-8-7-13(20-4)9-14(15)18-16(19)10-17/h7-9,11-12H,5-6,10H2,1-4H3. The number of halogens is 1. The average molecular weight is 295 g/mol. The van der Waals surface area contributed by atoms with Crippen LogP contribution in [0.4, 0.5) is 0 Å². The topological polar surface area (TPSA) is 27.1 Å². The molecule has 0 radical (unpaired) electrons. The fraction of sp³-hybridized carbons (Fsp3) is 0.562. The maximum Gasteiger partial charge on any atom is 0.125 e. The highest BCUT2D eigenvalue weighted by Gasteiger charge is 2.21. The molecular formula is C16H23ClN2O. The Bertz CT molecular complexity index is 575. The predicted octanol–water partition coefficient (Wildman–Crippen LogP) is 4.78. The first-order valence-electron chi connectivity index (χ1n) is 7.27. The summed E-state index contributed by atoms with van der Waals surface area (Å²) in [6.07, 6.45) is 2.32. The quantitative estimate of drug-likeness (QED) is 0.717. The van der Waals surface area contributed by atoms with Crippen LogP contribution in [0, 0.1) is 5.92 Å². The third-order valence-electron chi connectivity index (χ3n) is 4.23. The van der Waals surface area contributed by atoms with Gasteiger partial charge in [0, 0.05) is 12.1 Å². The molecule has 1 unspecified atom stereocenters. The lowest BCUT2D eigenvalue weighted by atomic mass is 9.95. The van der Waals surface area contributed by atoms with Crippen molar-refractivity contribution in [2.75, 3.05) is 7.11 Å². The molecule has 1 aromatic carbocycles. The number of hydrogen-bond donors (Lipinski definition) is 0. The summed E-state index contributed by atoms with van der Waals surface area (Å²) < 4.78 is 7.56. The van der Waals surface area contributed by atoms with Crippen molar-refractivity contribution < 1.29 is 4.74 Å². The van der Waals surface area contributed by atoms with Crippen LogP contribution >= 0.6 is 11.6 Å². The summed E-state index contributed by atoms with van der Waals surface area (Å²) in [6.45, 7) is 6.75. The lowest BCUT2D eigenvalue weighted by Crippen LogP contribution is -2.17. The third kappa shape index (κ3) is 2.64. The van der Waals surface area contributed by atoms with Gasteiger partial charge in [-0.3, -0.25) is 0 Å². The van der Waals surface area contributed by atoms with Crippen LogP contribution in [-0.4, -0.2) is 16.7 Å². The number of hydrogen-bond acceptors (Lipinski definition) is 2. The van der Waals surface area contributed by atoms with E-state index in [2.05, 4.69) is 36.4 Å². The van der Waals surface area contributed by atoms with Gasteiger partial charge in [-0.25, -0.2) is 4.98 Å². The molecular weight excluding hydrogens is 272 g/mol. The second-order valence-corrected chi connectivity index (χ2v) is 5.47. The monoisotopic (exact) mass is 294 g/mol. The number of nitrogens with zero attached hydrogens (tertiary/aromatic N) is 2. The smallest absolute Gasteiger partial charge is 0.125 e. The van der Waals surface area contributed by atoms with E-state index in [0.717, 1.165) is 35.4 Å². The molecule has 2 rings (SSSR count). The van der Waals surface area contributed by atoms with Crippen LogP contribution in [0.5, 0.6) is 5.75 Å². The maximum absolute atomic E-state index is 6.10. The van der Waals surface area contributed by atoms with Crippen molar-refractivity contribution in [2.24, 2.45) is 5.92 Å². The van der Waals surface area contributed by atoms with Crippen molar-refractivity contribution in [1.29, 1.82) is 0 Å². The fourth-order valence-corrected chi connectivity index (χ4v) is 3.17. The van der Waals surface area contributed by atoms with Crippen molar-refractivity contribution >= 4 is 22.6 Å². The van der Waals surface area contributed by atoms with Gasteiger partial charge in [0.25, 0.3) is 0 Å². The highest BCUT2D eigenvalue weighted by atomic mass is 35.5. The summed E-state index contributed by atoms with van der Waals surface area (Å²) >= 11 is 6.10. The van der Waals surface area contributed by atoms with E-state index in [4.69, 9.17) is 16.3 Å². The van der Waals surface area contributed by atoms with Crippen molar-refractivity contribution in [1.82, 2.24) is 9.55 Å². The number of methoxy groups -OCH3 is 1. The van der Waals surface area contributed by atoms with Crippen molar-refractivity contribution in [3.63, 3.8) is 0 Å². The van der Waals surface area contributed by atoms with Crippen LogP contribution in [0.15, 0.2) is 18.2 Å². The van der Waals surface area contributed by atoms with Gasteiger partial charge in [-0.1, -0.05) is 26.7 Å². The highest BCUT2D eigenvalue weighted by Crippen LogP contribution is 2.31. The normalized spacial score (nSPS) is 13.1. The van der Waals surface area contributed by atoms with Crippen LogP contribution in [-0.2, 0) is 5.88 Å². The Kier molecular flexibility index (Phi) is 4.92. The molecule has 0 N–H and O–H groups in total. The van der Waals surface area contributed by atoms with Crippen LogP contribution in [0.25, 0.3) is 11.0 Å². The number of alkyl halides is 1. The Hall–Kier alpha value is -1.22. The lowest BCUT2D eigenvalue weighted by molar-refractivity contribution is 0.334. The summed E-state index contributed by atoms with van der Waals surface area (Å²) in [7, 11) is 1.67. The van der Waals surface area contributed by atoms with Gasteiger partial charge in [-0.15, -0.1) is 11.6 Å². The molecule has 0 aliphatic heterocycles. The van der Waals surface area contributed by atoms with Crippen LogP contribution in [0.3, 0.4) is 0 Å². The Morgan fingerprint density at radius 3 is 2.55 bits per heavy atom. The van der Waals surface area contributed by atoms with Crippen LogP contribution < -0.4 is 4.74 Å². The van der Waals surface area contributed by atoms with E-state index in [1.807, 2.05) is 12.1 Å². The molecule has 2 aromatic rings. The Balaban J connectivity index is 2.55. The molecule has 20 heavy (non-hydrogen) atoms. The van der Waals surface area contributed by atoms with Crippen molar-refractivity contribution in [3.8, 4) is 5.75 Å². The zero-order valence-corrected chi connectivity index (χ0v) is 13.4. The van der Waals surface area contributed by atoms with E-state index in [0.29, 0.717) is 17.8 Å². The van der Waals surface area contributed by atoms with Crippen LogP contribution in [0.1, 0.15) is 45.5 Å². The van der Waals surface area contributed by atoms with Gasteiger partial charge in [-0.2, -0.15) is 0 Å².